The lowest BCUT2D eigenvalue weighted by Crippen LogP contribution is -2.04. The van der Waals surface area contributed by atoms with Crippen molar-refractivity contribution < 1.29 is 29.7 Å². The Labute approximate surface area is 106 Å². The summed E-state index contributed by atoms with van der Waals surface area (Å²) >= 11 is 0. The Hall–Kier alpha value is -2.89. The summed E-state index contributed by atoms with van der Waals surface area (Å²) in [4.78, 5) is 33.0. The maximum absolute atomic E-state index is 11.1. The molecule has 0 radical (unpaired) electrons. The molecule has 0 heterocycles. The number of rotatable bonds is 3. The van der Waals surface area contributed by atoms with Crippen LogP contribution in [0.15, 0.2) is 30.3 Å². The first-order valence-corrected chi connectivity index (χ1v) is 5.18. The Bertz CT molecular complexity index is 716. The number of fused-ring (bicyclic) bond motifs is 1. The van der Waals surface area contributed by atoms with Gasteiger partial charge in [0.25, 0.3) is 0 Å². The average Bonchev–Trinajstić information content (AvgIpc) is 2.36. The van der Waals surface area contributed by atoms with Gasteiger partial charge >= 0.3 is 17.9 Å². The Morgan fingerprint density at radius 3 is 1.68 bits per heavy atom. The lowest BCUT2D eigenvalue weighted by molar-refractivity contribution is 0.0683. The predicted molar refractivity (Wildman–Crippen MR) is 64.8 cm³/mol. The normalized spacial score (nSPS) is 10.3. The Morgan fingerprint density at radius 1 is 0.684 bits per heavy atom. The van der Waals surface area contributed by atoms with Crippen molar-refractivity contribution in [3.05, 3.63) is 47.0 Å². The van der Waals surface area contributed by atoms with Gasteiger partial charge in [0.1, 0.15) is 0 Å². The van der Waals surface area contributed by atoms with Crippen LogP contribution in [-0.4, -0.2) is 33.2 Å². The van der Waals surface area contributed by atoms with Gasteiger partial charge in [-0.1, -0.05) is 6.07 Å². The van der Waals surface area contributed by atoms with Crippen LogP contribution in [0.1, 0.15) is 31.1 Å². The Morgan fingerprint density at radius 2 is 1.21 bits per heavy atom. The van der Waals surface area contributed by atoms with Gasteiger partial charge in [0.15, 0.2) is 0 Å². The summed E-state index contributed by atoms with van der Waals surface area (Å²) in [5, 5.41) is 27.2. The second kappa shape index (κ2) is 4.41. The van der Waals surface area contributed by atoms with Gasteiger partial charge in [0, 0.05) is 0 Å². The van der Waals surface area contributed by atoms with Gasteiger partial charge in [-0.15, -0.1) is 0 Å². The highest BCUT2D eigenvalue weighted by molar-refractivity contribution is 6.12. The molecule has 0 bridgehead atoms. The maximum atomic E-state index is 11.1. The summed E-state index contributed by atoms with van der Waals surface area (Å²) in [7, 11) is 0. The van der Waals surface area contributed by atoms with E-state index in [0.717, 1.165) is 12.1 Å². The van der Waals surface area contributed by atoms with E-state index in [4.69, 9.17) is 15.3 Å². The maximum Gasteiger partial charge on any atom is 0.336 e. The molecule has 0 aliphatic carbocycles. The van der Waals surface area contributed by atoms with Crippen LogP contribution in [-0.2, 0) is 0 Å². The van der Waals surface area contributed by atoms with E-state index in [1.807, 2.05) is 0 Å². The van der Waals surface area contributed by atoms with Crippen molar-refractivity contribution in [2.75, 3.05) is 0 Å². The SMILES string of the molecule is O=C(O)c1ccc2c(C(=O)O)ccc(C(=O)O)c2c1. The van der Waals surface area contributed by atoms with Crippen molar-refractivity contribution in [2.45, 2.75) is 0 Å². The second-order valence-corrected chi connectivity index (χ2v) is 3.84. The molecule has 6 nitrogen and oxygen atoms in total. The molecule has 0 aromatic heterocycles. The van der Waals surface area contributed by atoms with Crippen molar-refractivity contribution in [3.63, 3.8) is 0 Å². The van der Waals surface area contributed by atoms with E-state index in [1.54, 1.807) is 0 Å². The highest BCUT2D eigenvalue weighted by Gasteiger charge is 2.16. The van der Waals surface area contributed by atoms with Gasteiger partial charge in [-0.2, -0.15) is 0 Å². The summed E-state index contributed by atoms with van der Waals surface area (Å²) in [5.41, 5.74) is -0.308. The summed E-state index contributed by atoms with van der Waals surface area (Å²) in [5.74, 6) is -3.66. The third kappa shape index (κ3) is 2.11. The Balaban J connectivity index is 2.88. The number of hydrogen-bond donors (Lipinski definition) is 3. The van der Waals surface area contributed by atoms with E-state index in [-0.39, 0.29) is 27.5 Å². The number of carboxylic acids is 3. The molecule has 0 aliphatic rings. The molecule has 0 unspecified atom stereocenters. The molecule has 0 fully saturated rings. The standard InChI is InChI=1S/C13H8O6/c14-11(15)6-1-2-7-8(12(16)17)3-4-9(13(18)19)10(7)5-6/h1-5H,(H,14,15)(H,16,17)(H,18,19). The second-order valence-electron chi connectivity index (χ2n) is 3.84. The predicted octanol–water partition coefficient (Wildman–Crippen LogP) is 1.93. The van der Waals surface area contributed by atoms with Crippen molar-refractivity contribution in [3.8, 4) is 0 Å². The van der Waals surface area contributed by atoms with E-state index >= 15 is 0 Å². The van der Waals surface area contributed by atoms with Crippen LogP contribution in [0.3, 0.4) is 0 Å². The molecule has 96 valence electrons. The molecule has 2 aromatic carbocycles. The van der Waals surface area contributed by atoms with Gasteiger partial charge in [-0.3, -0.25) is 0 Å². The summed E-state index contributed by atoms with van der Waals surface area (Å²) in [6.45, 7) is 0. The van der Waals surface area contributed by atoms with E-state index in [2.05, 4.69) is 0 Å². The van der Waals surface area contributed by atoms with E-state index in [0.29, 0.717) is 0 Å². The minimum absolute atomic E-state index is 0.0723. The van der Waals surface area contributed by atoms with E-state index < -0.39 is 17.9 Å². The summed E-state index contributed by atoms with van der Waals surface area (Å²) in [6, 6.07) is 6.04. The first-order chi connectivity index (χ1) is 8.91. The van der Waals surface area contributed by atoms with Gasteiger partial charge in [0.2, 0.25) is 0 Å². The summed E-state index contributed by atoms with van der Waals surface area (Å²) in [6.07, 6.45) is 0. The minimum atomic E-state index is -1.25. The third-order valence-corrected chi connectivity index (χ3v) is 2.72. The van der Waals surface area contributed by atoms with Crippen LogP contribution in [0, 0.1) is 0 Å². The number of carbonyl (C=O) groups is 3. The average molecular weight is 260 g/mol. The first-order valence-electron chi connectivity index (χ1n) is 5.18. The number of hydrogen-bond acceptors (Lipinski definition) is 3. The van der Waals surface area contributed by atoms with Crippen LogP contribution in [0.25, 0.3) is 10.8 Å². The number of carboxylic acid groups (broad SMARTS) is 3. The molecule has 0 amide bonds. The Kier molecular flexibility index (Phi) is 2.92. The molecular weight excluding hydrogens is 252 g/mol. The van der Waals surface area contributed by atoms with Gasteiger partial charge in [-0.25, -0.2) is 14.4 Å². The summed E-state index contributed by atoms with van der Waals surface area (Å²) < 4.78 is 0. The lowest BCUT2D eigenvalue weighted by Gasteiger charge is -2.07. The lowest BCUT2D eigenvalue weighted by atomic mass is 9.97. The van der Waals surface area contributed by atoms with Crippen LogP contribution in [0.2, 0.25) is 0 Å². The molecule has 2 rings (SSSR count). The highest BCUT2D eigenvalue weighted by Crippen LogP contribution is 2.24. The molecule has 0 saturated carbocycles. The molecule has 6 heteroatoms. The van der Waals surface area contributed by atoms with Gasteiger partial charge in [-0.05, 0) is 35.0 Å². The quantitative estimate of drug-likeness (QED) is 0.777. The zero-order valence-electron chi connectivity index (χ0n) is 9.45. The molecular formula is C13H8O6. The fourth-order valence-electron chi connectivity index (χ4n) is 1.85. The fraction of sp³-hybridized carbons (Fsp3) is 0. The first kappa shape index (κ1) is 12.6. The third-order valence-electron chi connectivity index (χ3n) is 2.72. The molecule has 19 heavy (non-hydrogen) atoms. The zero-order chi connectivity index (χ0) is 14.2. The van der Waals surface area contributed by atoms with E-state index in [9.17, 15) is 14.4 Å². The smallest absolute Gasteiger partial charge is 0.336 e. The molecule has 0 spiro atoms. The zero-order valence-corrected chi connectivity index (χ0v) is 9.45. The number of benzene rings is 2. The topological polar surface area (TPSA) is 112 Å². The molecule has 0 saturated heterocycles. The molecule has 3 N–H and O–H groups in total. The van der Waals surface area contributed by atoms with Crippen molar-refractivity contribution in [1.29, 1.82) is 0 Å². The van der Waals surface area contributed by atoms with E-state index in [1.165, 1.54) is 18.2 Å². The minimum Gasteiger partial charge on any atom is -0.478 e. The van der Waals surface area contributed by atoms with Crippen LogP contribution in [0.5, 0.6) is 0 Å². The molecule has 2 aromatic rings. The van der Waals surface area contributed by atoms with Gasteiger partial charge in [0.05, 0.1) is 16.7 Å². The highest BCUT2D eigenvalue weighted by atomic mass is 16.4. The van der Waals surface area contributed by atoms with Crippen LogP contribution >= 0.6 is 0 Å². The van der Waals surface area contributed by atoms with Crippen molar-refractivity contribution in [2.24, 2.45) is 0 Å². The van der Waals surface area contributed by atoms with Crippen LogP contribution < -0.4 is 0 Å². The largest absolute Gasteiger partial charge is 0.478 e. The van der Waals surface area contributed by atoms with Crippen molar-refractivity contribution in [1.82, 2.24) is 0 Å². The fourth-order valence-corrected chi connectivity index (χ4v) is 1.85. The van der Waals surface area contributed by atoms with Crippen molar-refractivity contribution >= 4 is 28.7 Å². The van der Waals surface area contributed by atoms with Crippen LogP contribution in [0.4, 0.5) is 0 Å². The monoisotopic (exact) mass is 260 g/mol. The number of aromatic carboxylic acids is 3. The van der Waals surface area contributed by atoms with Gasteiger partial charge < -0.3 is 15.3 Å². The molecule has 0 atom stereocenters. The molecule has 0 aliphatic heterocycles.